The van der Waals surface area contributed by atoms with Crippen LogP contribution < -0.4 is 9.47 Å². The summed E-state index contributed by atoms with van der Waals surface area (Å²) in [6.45, 7) is 1.16. The molecule has 0 amide bonds. The molecule has 312 valence electrons. The first-order chi connectivity index (χ1) is 26.4. The monoisotopic (exact) mass is 804 g/mol. The maximum absolute atomic E-state index is 12.9. The van der Waals surface area contributed by atoms with Gasteiger partial charge >= 0.3 is 30.2 Å². The average molecular weight is 805 g/mol. The fraction of sp³-hybridized carbons (Fsp3) is 0.571. The number of hydrogen-bond acceptors (Lipinski definition) is 4. The van der Waals surface area contributed by atoms with Gasteiger partial charge in [0.1, 0.15) is 11.5 Å². The Morgan fingerprint density at radius 3 is 1.29 bits per heavy atom. The summed E-state index contributed by atoms with van der Waals surface area (Å²) in [5, 5.41) is 17.2. The number of carboxylic acids is 2. The van der Waals surface area contributed by atoms with E-state index in [1.165, 1.54) is 12.2 Å². The van der Waals surface area contributed by atoms with Gasteiger partial charge in [0, 0.05) is 25.0 Å². The summed E-state index contributed by atoms with van der Waals surface area (Å²) in [4.78, 5) is 21.0. The number of halogens is 8. The highest BCUT2D eigenvalue weighted by atomic mass is 19.4. The van der Waals surface area contributed by atoms with Crippen LogP contribution in [0.4, 0.5) is 35.1 Å². The van der Waals surface area contributed by atoms with Crippen LogP contribution in [0.2, 0.25) is 0 Å². The lowest BCUT2D eigenvalue weighted by Gasteiger charge is -2.29. The third-order valence-corrected chi connectivity index (χ3v) is 10.3. The number of alkyl halides is 8. The standard InChI is InChI=1S/C21H25F5O3.C21H27F3O3/c22-20(23,21(24,25)26)13-1-2-15-3-5-17(6-4-15)14-29-18-10-7-16(8-11-18)9-12-19(27)28;22-21(23,24)14-2-1-3-16-4-6-18(7-5-16)15-27-19-11-8-17(9-12-19)10-13-20(25)26/h7-12,15,17H,1-6,13-14H2,(H,27,28);8-13,16,18H,1-7,14-15H2,(H,25,26)/b12-9+;13-10+. The summed E-state index contributed by atoms with van der Waals surface area (Å²) < 4.78 is 110. The van der Waals surface area contributed by atoms with Crippen LogP contribution in [-0.2, 0) is 9.59 Å². The number of aliphatic carboxylic acids is 2. The highest BCUT2D eigenvalue weighted by molar-refractivity contribution is 5.85. The zero-order valence-electron chi connectivity index (χ0n) is 31.3. The number of benzene rings is 2. The number of hydrogen-bond donors (Lipinski definition) is 2. The Hall–Kier alpha value is -4.10. The first kappa shape index (κ1) is 46.3. The fourth-order valence-electron chi connectivity index (χ4n) is 7.00. The molecule has 0 aromatic heterocycles. The van der Waals surface area contributed by atoms with Crippen LogP contribution in [0, 0.1) is 23.7 Å². The van der Waals surface area contributed by atoms with E-state index in [1.807, 2.05) is 24.3 Å². The molecule has 2 saturated carbocycles. The van der Waals surface area contributed by atoms with E-state index in [-0.39, 0.29) is 18.8 Å². The van der Waals surface area contributed by atoms with Gasteiger partial charge in [-0.25, -0.2) is 9.59 Å². The molecule has 0 saturated heterocycles. The van der Waals surface area contributed by atoms with E-state index >= 15 is 0 Å². The zero-order chi connectivity index (χ0) is 41.2. The lowest BCUT2D eigenvalue weighted by Crippen LogP contribution is -2.36. The predicted molar refractivity (Wildman–Crippen MR) is 197 cm³/mol. The second-order valence-electron chi connectivity index (χ2n) is 14.8. The van der Waals surface area contributed by atoms with E-state index in [0.717, 1.165) is 86.8 Å². The summed E-state index contributed by atoms with van der Waals surface area (Å²) in [7, 11) is 0. The molecule has 0 aliphatic heterocycles. The molecule has 2 aliphatic carbocycles. The van der Waals surface area contributed by atoms with Crippen molar-refractivity contribution in [2.75, 3.05) is 13.2 Å². The fourth-order valence-corrected chi connectivity index (χ4v) is 7.00. The molecule has 2 fully saturated rings. The molecule has 0 heterocycles. The molecule has 2 aromatic rings. The molecule has 0 atom stereocenters. The molecule has 0 radical (unpaired) electrons. The maximum Gasteiger partial charge on any atom is 0.453 e. The van der Waals surface area contributed by atoms with Crippen LogP contribution in [0.15, 0.2) is 60.7 Å². The highest BCUT2D eigenvalue weighted by Crippen LogP contribution is 2.41. The zero-order valence-corrected chi connectivity index (χ0v) is 31.3. The van der Waals surface area contributed by atoms with Gasteiger partial charge in [0.05, 0.1) is 13.2 Å². The largest absolute Gasteiger partial charge is 0.493 e. The average Bonchev–Trinajstić information content (AvgIpc) is 3.14. The lowest BCUT2D eigenvalue weighted by molar-refractivity contribution is -0.284. The lowest BCUT2D eigenvalue weighted by atomic mass is 9.80. The molecule has 0 unspecified atom stereocenters. The second kappa shape index (κ2) is 22.6. The van der Waals surface area contributed by atoms with E-state index in [0.29, 0.717) is 49.6 Å². The maximum atomic E-state index is 12.9. The van der Waals surface area contributed by atoms with Crippen molar-refractivity contribution in [2.24, 2.45) is 23.7 Å². The molecule has 6 nitrogen and oxygen atoms in total. The van der Waals surface area contributed by atoms with Crippen LogP contribution >= 0.6 is 0 Å². The van der Waals surface area contributed by atoms with Crippen molar-refractivity contribution in [2.45, 2.75) is 115 Å². The van der Waals surface area contributed by atoms with Crippen LogP contribution in [0.25, 0.3) is 12.2 Å². The second-order valence-corrected chi connectivity index (χ2v) is 14.8. The van der Waals surface area contributed by atoms with Crippen molar-refractivity contribution in [3.05, 3.63) is 71.8 Å². The van der Waals surface area contributed by atoms with Crippen molar-refractivity contribution >= 4 is 24.1 Å². The Morgan fingerprint density at radius 1 is 0.554 bits per heavy atom. The summed E-state index contributed by atoms with van der Waals surface area (Å²) >= 11 is 0. The normalized spacial score (nSPS) is 20.7. The van der Waals surface area contributed by atoms with Gasteiger partial charge in [0.15, 0.2) is 0 Å². The summed E-state index contributed by atoms with van der Waals surface area (Å²) in [6.07, 6.45) is 3.53. The van der Waals surface area contributed by atoms with E-state index in [2.05, 4.69) is 0 Å². The van der Waals surface area contributed by atoms with Gasteiger partial charge in [-0.2, -0.15) is 35.1 Å². The van der Waals surface area contributed by atoms with Crippen molar-refractivity contribution in [3.63, 3.8) is 0 Å². The van der Waals surface area contributed by atoms with Crippen molar-refractivity contribution in [3.8, 4) is 11.5 Å². The molecule has 2 aromatic carbocycles. The van der Waals surface area contributed by atoms with Gasteiger partial charge in [-0.15, -0.1) is 0 Å². The summed E-state index contributed by atoms with van der Waals surface area (Å²) in [5.74, 6) is -3.60. The summed E-state index contributed by atoms with van der Waals surface area (Å²) in [5.41, 5.74) is 1.55. The van der Waals surface area contributed by atoms with E-state index in [1.54, 1.807) is 24.3 Å². The smallest absolute Gasteiger partial charge is 0.453 e. The van der Waals surface area contributed by atoms with Crippen LogP contribution in [0.1, 0.15) is 107 Å². The molecule has 56 heavy (non-hydrogen) atoms. The van der Waals surface area contributed by atoms with Gasteiger partial charge < -0.3 is 19.7 Å². The molecular formula is C42H52F8O6. The Morgan fingerprint density at radius 2 is 0.929 bits per heavy atom. The third kappa shape index (κ3) is 18.7. The number of carbonyl (C=O) groups is 2. The Balaban J connectivity index is 0.000000301. The van der Waals surface area contributed by atoms with Gasteiger partial charge in [-0.1, -0.05) is 69.2 Å². The van der Waals surface area contributed by atoms with E-state index < -0.39 is 43.1 Å². The minimum absolute atomic E-state index is 0.124. The molecule has 0 bridgehead atoms. The highest BCUT2D eigenvalue weighted by Gasteiger charge is 2.56. The number of ether oxygens (including phenoxy) is 2. The number of unbranched alkanes of at least 4 members (excludes halogenated alkanes) is 1. The predicted octanol–water partition coefficient (Wildman–Crippen LogP) is 12.4. The Bertz CT molecular complexity index is 1500. The topological polar surface area (TPSA) is 93.1 Å². The minimum atomic E-state index is -5.47. The van der Waals surface area contributed by atoms with Crippen LogP contribution in [0.3, 0.4) is 0 Å². The minimum Gasteiger partial charge on any atom is -0.493 e. The molecular weight excluding hydrogens is 752 g/mol. The van der Waals surface area contributed by atoms with Crippen molar-refractivity contribution in [1.29, 1.82) is 0 Å². The first-order valence-corrected chi connectivity index (χ1v) is 19.2. The molecule has 2 aliphatic rings. The van der Waals surface area contributed by atoms with Gasteiger partial charge in [0.2, 0.25) is 0 Å². The van der Waals surface area contributed by atoms with Crippen LogP contribution in [-0.4, -0.2) is 53.6 Å². The van der Waals surface area contributed by atoms with Crippen LogP contribution in [0.5, 0.6) is 11.5 Å². The van der Waals surface area contributed by atoms with Gasteiger partial charge in [-0.05, 0) is 110 Å². The number of carboxylic acid groups (broad SMARTS) is 2. The number of rotatable bonds is 18. The third-order valence-electron chi connectivity index (χ3n) is 10.3. The first-order valence-electron chi connectivity index (χ1n) is 19.2. The molecule has 4 rings (SSSR count). The Kier molecular flexibility index (Phi) is 18.7. The van der Waals surface area contributed by atoms with E-state index in [9.17, 15) is 44.7 Å². The Labute approximate surface area is 323 Å². The van der Waals surface area contributed by atoms with E-state index in [4.69, 9.17) is 19.7 Å². The molecule has 0 spiro atoms. The summed E-state index contributed by atoms with van der Waals surface area (Å²) in [6, 6.07) is 14.3. The van der Waals surface area contributed by atoms with Crippen molar-refractivity contribution in [1.82, 2.24) is 0 Å². The van der Waals surface area contributed by atoms with Gasteiger partial charge in [-0.3, -0.25) is 0 Å². The van der Waals surface area contributed by atoms with Gasteiger partial charge in [0.25, 0.3) is 0 Å². The quantitative estimate of drug-likeness (QED) is 0.0885. The molecule has 2 N–H and O–H groups in total. The van der Waals surface area contributed by atoms with Crippen molar-refractivity contribution < 1.29 is 64.4 Å². The molecule has 14 heteroatoms. The SMILES string of the molecule is O=C(O)/C=C/c1ccc(OCC2CCC(CCCC(F)(F)C(F)(F)F)CC2)cc1.O=C(O)/C=C/c1ccc(OCC2CCC(CCCCC(F)(F)F)CC2)cc1.